The zero-order chi connectivity index (χ0) is 18.6. The Bertz CT molecular complexity index is 499. The minimum Gasteiger partial charge on any atom is -0.756 e. The minimum absolute atomic E-state index is 0. The Morgan fingerprint density at radius 1 is 0.538 bits per heavy atom. The summed E-state index contributed by atoms with van der Waals surface area (Å²) in [6.45, 7) is 0. The first-order chi connectivity index (χ1) is 12.0. The molecule has 0 fully saturated rings. The van der Waals surface area contributed by atoms with Crippen LogP contribution >= 0.6 is 7.82 Å². The molecule has 0 saturated heterocycles. The summed E-state index contributed by atoms with van der Waals surface area (Å²) in [5, 5.41) is 0. The van der Waals surface area contributed by atoms with E-state index in [1.165, 1.54) is 0 Å². The summed E-state index contributed by atoms with van der Waals surface area (Å²) in [6, 6.07) is 15.6. The molecule has 0 unspecified atom stereocenters. The first-order valence-corrected chi connectivity index (χ1v) is 8.60. The van der Waals surface area contributed by atoms with Crippen molar-refractivity contribution in [1.29, 1.82) is 0 Å². The zero-order valence-electron chi connectivity index (χ0n) is 14.4. The Hall–Kier alpha value is -1.77. The number of hydrogen-bond donors (Lipinski definition) is 6. The van der Waals surface area contributed by atoms with Gasteiger partial charge in [-0.25, -0.2) is 0 Å². The topological polar surface area (TPSA) is 144 Å². The first-order valence-electron chi connectivity index (χ1n) is 7.07. The molecule has 8 nitrogen and oxygen atoms in total. The molecule has 0 atom stereocenters. The molecule has 4 heterocycles. The van der Waals surface area contributed by atoms with Crippen molar-refractivity contribution < 1.29 is 48.8 Å². The molecule has 0 spiro atoms. The van der Waals surface area contributed by atoms with Crippen molar-refractivity contribution >= 4 is 7.82 Å². The summed E-state index contributed by atoms with van der Waals surface area (Å²) < 4.78 is 8.77. The van der Waals surface area contributed by atoms with Gasteiger partial charge < -0.3 is 34.6 Å². The summed E-state index contributed by atoms with van der Waals surface area (Å²) in [5.74, 6) is 0. The molecule has 0 aliphatic carbocycles. The van der Waals surface area contributed by atoms with Crippen LogP contribution in [-0.4, -0.2) is 29.7 Å². The third kappa shape index (κ3) is 30.1. The van der Waals surface area contributed by atoms with Gasteiger partial charge in [0.05, 0.1) is 0 Å². The molecule has 0 aliphatic heterocycles. The zero-order valence-corrected chi connectivity index (χ0v) is 17.3. The normalized spacial score (nSPS) is 8.42. The fraction of sp³-hybridized carbons (Fsp3) is 0. The third-order valence-electron chi connectivity index (χ3n) is 1.98. The molecule has 4 rings (SSSR count). The summed E-state index contributed by atoms with van der Waals surface area (Å²) in [7, 11) is -4.89. The molecule has 4 aromatic heterocycles. The van der Waals surface area contributed by atoms with Crippen LogP contribution in [0.2, 0.25) is 0 Å². The molecule has 0 aliphatic rings. The number of aromatic nitrogens is 4. The predicted molar refractivity (Wildman–Crippen MR) is 95.2 cm³/mol. The van der Waals surface area contributed by atoms with E-state index in [2.05, 4.69) is 19.9 Å². The van der Waals surface area contributed by atoms with Crippen molar-refractivity contribution in [2.45, 2.75) is 0 Å². The number of hydrogen-bond acceptors (Lipinski definition) is 2. The molecule has 0 saturated carbocycles. The van der Waals surface area contributed by atoms with Crippen LogP contribution in [0.3, 0.4) is 0 Å². The Morgan fingerprint density at radius 2 is 0.654 bits per heavy atom. The molecular weight excluding hydrogens is 366 g/mol. The molecule has 0 bridgehead atoms. The van der Waals surface area contributed by atoms with E-state index in [9.17, 15) is 0 Å². The van der Waals surface area contributed by atoms with Crippen LogP contribution in [0.25, 0.3) is 0 Å². The van der Waals surface area contributed by atoms with Crippen LogP contribution in [0.5, 0.6) is 0 Å². The minimum atomic E-state index is -4.89. The van der Waals surface area contributed by atoms with E-state index in [1.54, 1.807) is 0 Å². The standard InChI is InChI=1S/4C4H5N.Na.H3O4P/c4*1-2-4-5-3-1;;1-5(2,3)4/h4*1-5H;;(H3,1,2,3,4)/q;;;;+1;/p-1. The fourth-order valence-corrected chi connectivity index (χ4v) is 1.11. The second kappa shape index (κ2) is 19.6. The molecule has 26 heavy (non-hydrogen) atoms. The van der Waals surface area contributed by atoms with Gasteiger partial charge in [-0.15, -0.1) is 0 Å². The third-order valence-corrected chi connectivity index (χ3v) is 1.98. The van der Waals surface area contributed by atoms with E-state index < -0.39 is 7.82 Å². The van der Waals surface area contributed by atoms with Crippen molar-refractivity contribution in [2.24, 2.45) is 0 Å². The van der Waals surface area contributed by atoms with Gasteiger partial charge in [0.25, 0.3) is 7.82 Å². The number of H-pyrrole nitrogens is 4. The summed E-state index contributed by atoms with van der Waals surface area (Å²) in [4.78, 5) is 34.4. The number of aromatic amines is 4. The molecule has 0 amide bonds. The molecule has 10 heteroatoms. The molecule has 0 radical (unpaired) electrons. The second-order valence-electron chi connectivity index (χ2n) is 4.03. The van der Waals surface area contributed by atoms with Crippen LogP contribution in [0, 0.1) is 0 Å². The summed E-state index contributed by atoms with van der Waals surface area (Å²) in [6.07, 6.45) is 15.0. The second-order valence-corrected chi connectivity index (χ2v) is 5.01. The van der Waals surface area contributed by atoms with Crippen molar-refractivity contribution in [3.8, 4) is 0 Å². The SMILES string of the molecule is O=P([O-])(O)O.[Na+].c1cc[nH]c1.c1cc[nH]c1.c1cc[nH]c1.c1cc[nH]c1. The van der Waals surface area contributed by atoms with Crippen molar-refractivity contribution in [1.82, 2.24) is 19.9 Å². The number of phosphoric acid groups is 1. The maximum atomic E-state index is 8.77. The maximum Gasteiger partial charge on any atom is 1.00 e. The van der Waals surface area contributed by atoms with Gasteiger partial charge in [0.1, 0.15) is 0 Å². The fourth-order valence-electron chi connectivity index (χ4n) is 1.11. The Labute approximate surface area is 174 Å². The van der Waals surface area contributed by atoms with Crippen molar-refractivity contribution in [3.63, 3.8) is 0 Å². The Kier molecular flexibility index (Phi) is 19.9. The van der Waals surface area contributed by atoms with Crippen LogP contribution in [0.1, 0.15) is 0 Å². The van der Waals surface area contributed by atoms with E-state index in [4.69, 9.17) is 19.2 Å². The van der Waals surface area contributed by atoms with E-state index >= 15 is 0 Å². The van der Waals surface area contributed by atoms with Gasteiger partial charge in [-0.3, -0.25) is 4.57 Å². The van der Waals surface area contributed by atoms with Gasteiger partial charge >= 0.3 is 29.6 Å². The van der Waals surface area contributed by atoms with Gasteiger partial charge in [-0.2, -0.15) is 0 Å². The Morgan fingerprint density at radius 3 is 0.692 bits per heavy atom. The molecule has 136 valence electrons. The van der Waals surface area contributed by atoms with Crippen LogP contribution < -0.4 is 34.5 Å². The smallest absolute Gasteiger partial charge is 0.756 e. The van der Waals surface area contributed by atoms with Gasteiger partial charge in [-0.1, -0.05) is 0 Å². The van der Waals surface area contributed by atoms with Gasteiger partial charge in [-0.05, 0) is 48.5 Å². The van der Waals surface area contributed by atoms with Crippen LogP contribution in [-0.2, 0) is 4.57 Å². The molecular formula is C16H22N4NaO4P. The monoisotopic (exact) mass is 388 g/mol. The van der Waals surface area contributed by atoms with E-state index in [1.807, 2.05) is 98.1 Å². The largest absolute Gasteiger partial charge is 1.00 e. The van der Waals surface area contributed by atoms with Crippen molar-refractivity contribution in [2.75, 3.05) is 0 Å². The van der Waals surface area contributed by atoms with Crippen molar-refractivity contribution in [3.05, 3.63) is 98.1 Å². The average Bonchev–Trinajstić information content (AvgIpc) is 3.46. The summed E-state index contributed by atoms with van der Waals surface area (Å²) in [5.41, 5.74) is 0. The molecule has 0 aromatic carbocycles. The van der Waals surface area contributed by atoms with E-state index in [0.717, 1.165) is 0 Å². The Balaban J connectivity index is 0. The quantitative estimate of drug-likeness (QED) is 0.178. The maximum absolute atomic E-state index is 8.77. The van der Waals surface area contributed by atoms with E-state index in [-0.39, 0.29) is 29.6 Å². The molecule has 4 aromatic rings. The van der Waals surface area contributed by atoms with Gasteiger partial charge in [0.15, 0.2) is 0 Å². The average molecular weight is 388 g/mol. The van der Waals surface area contributed by atoms with Gasteiger partial charge in [0, 0.05) is 49.6 Å². The number of rotatable bonds is 0. The van der Waals surface area contributed by atoms with Crippen LogP contribution in [0.15, 0.2) is 98.1 Å². The first kappa shape index (κ1) is 26.5. The number of nitrogens with one attached hydrogen (secondary N) is 4. The van der Waals surface area contributed by atoms with Crippen LogP contribution in [0.4, 0.5) is 0 Å². The van der Waals surface area contributed by atoms with Gasteiger partial charge in [0.2, 0.25) is 0 Å². The molecule has 6 N–H and O–H groups in total. The predicted octanol–water partition coefficient (Wildman–Crippen LogP) is -0.498. The van der Waals surface area contributed by atoms with E-state index in [0.29, 0.717) is 0 Å². The summed E-state index contributed by atoms with van der Waals surface area (Å²) >= 11 is 0.